The third-order valence-electron chi connectivity index (χ3n) is 2.76. The molecule has 2 N–H and O–H groups in total. The Bertz CT molecular complexity index is 527. The lowest BCUT2D eigenvalue weighted by Gasteiger charge is -2.14. The number of rotatable bonds is 3. The molecule has 1 atom stereocenters. The highest BCUT2D eigenvalue weighted by molar-refractivity contribution is 9.10. The lowest BCUT2D eigenvalue weighted by Crippen LogP contribution is -2.14. The second-order valence-corrected chi connectivity index (χ2v) is 7.00. The predicted octanol–water partition coefficient (Wildman–Crippen LogP) is 4.04. The van der Waals surface area contributed by atoms with E-state index in [1.165, 1.54) is 0 Å². The molecule has 0 saturated carbocycles. The van der Waals surface area contributed by atoms with Gasteiger partial charge in [-0.15, -0.1) is 11.3 Å². The molecule has 5 heteroatoms. The van der Waals surface area contributed by atoms with Crippen LogP contribution in [0.15, 0.2) is 26.8 Å². The lowest BCUT2D eigenvalue weighted by atomic mass is 9.93. The third kappa shape index (κ3) is 3.02. The summed E-state index contributed by atoms with van der Waals surface area (Å²) >= 11 is 5.02. The minimum atomic E-state index is -0.0860. The van der Waals surface area contributed by atoms with Gasteiger partial charge < -0.3 is 10.2 Å². The van der Waals surface area contributed by atoms with Gasteiger partial charge in [-0.25, -0.2) is 4.98 Å². The molecular weight excluding hydrogens is 312 g/mol. The smallest absolute Gasteiger partial charge is 0.173 e. The van der Waals surface area contributed by atoms with Crippen molar-refractivity contribution < 1.29 is 4.42 Å². The van der Waals surface area contributed by atoms with Gasteiger partial charge in [-0.3, -0.25) is 0 Å². The summed E-state index contributed by atoms with van der Waals surface area (Å²) in [6.07, 6.45) is 2.38. The Balaban J connectivity index is 2.11. The minimum absolute atomic E-state index is 0.0860. The first-order valence-corrected chi connectivity index (χ1v) is 7.48. The van der Waals surface area contributed by atoms with E-state index < -0.39 is 0 Å². The Kier molecular flexibility index (Phi) is 3.94. The molecule has 2 aromatic heterocycles. The largest absolute Gasteiger partial charge is 0.457 e. The maximum absolute atomic E-state index is 6.17. The van der Waals surface area contributed by atoms with Crippen LogP contribution in [0, 0.1) is 0 Å². The highest BCUT2D eigenvalue weighted by Gasteiger charge is 2.19. The van der Waals surface area contributed by atoms with Gasteiger partial charge in [-0.05, 0) is 22.0 Å². The zero-order valence-corrected chi connectivity index (χ0v) is 13.1. The van der Waals surface area contributed by atoms with Crippen molar-refractivity contribution in [1.82, 2.24) is 4.98 Å². The molecule has 2 rings (SSSR count). The van der Waals surface area contributed by atoms with Crippen molar-refractivity contribution in [3.05, 3.63) is 38.6 Å². The number of hydrogen-bond donors (Lipinski definition) is 1. The number of nitrogens with zero attached hydrogens (tertiary/aromatic N) is 1. The van der Waals surface area contributed by atoms with Gasteiger partial charge in [0.2, 0.25) is 0 Å². The molecule has 98 valence electrons. The van der Waals surface area contributed by atoms with E-state index in [-0.39, 0.29) is 11.5 Å². The maximum Gasteiger partial charge on any atom is 0.173 e. The molecule has 0 saturated heterocycles. The van der Waals surface area contributed by atoms with Crippen molar-refractivity contribution in [2.75, 3.05) is 0 Å². The van der Waals surface area contributed by atoms with E-state index >= 15 is 0 Å². The quantitative estimate of drug-likeness (QED) is 0.925. The summed E-state index contributed by atoms with van der Waals surface area (Å²) in [7, 11) is 0. The normalized spacial score (nSPS) is 13.8. The van der Waals surface area contributed by atoms with Crippen molar-refractivity contribution in [1.29, 1.82) is 0 Å². The van der Waals surface area contributed by atoms with Crippen LogP contribution in [0.2, 0.25) is 0 Å². The van der Waals surface area contributed by atoms with Gasteiger partial charge in [0.25, 0.3) is 0 Å². The Hall–Kier alpha value is -0.650. The Morgan fingerprint density at radius 2 is 2.22 bits per heavy atom. The van der Waals surface area contributed by atoms with Crippen LogP contribution < -0.4 is 5.73 Å². The average Bonchev–Trinajstić information content (AvgIpc) is 2.85. The van der Waals surface area contributed by atoms with Crippen LogP contribution >= 0.6 is 27.3 Å². The molecule has 0 aliphatic heterocycles. The van der Waals surface area contributed by atoms with E-state index in [1.807, 2.05) is 6.07 Å². The standard InChI is InChI=1S/C13H17BrN2OS/c1-13(2,3)10-7-18-11(16-10)6-9(15)8-4-5-17-12(8)14/h4-5,7,9H,6,15H2,1-3H3. The van der Waals surface area contributed by atoms with E-state index in [0.29, 0.717) is 4.67 Å². The van der Waals surface area contributed by atoms with E-state index in [1.54, 1.807) is 17.6 Å². The highest BCUT2D eigenvalue weighted by atomic mass is 79.9. The summed E-state index contributed by atoms with van der Waals surface area (Å²) in [6.45, 7) is 6.50. The molecule has 0 bridgehead atoms. The van der Waals surface area contributed by atoms with Gasteiger partial charge >= 0.3 is 0 Å². The second kappa shape index (κ2) is 5.15. The fourth-order valence-corrected chi connectivity index (χ4v) is 3.23. The summed E-state index contributed by atoms with van der Waals surface area (Å²) in [6, 6.07) is 1.81. The van der Waals surface area contributed by atoms with E-state index in [4.69, 9.17) is 10.2 Å². The summed E-state index contributed by atoms with van der Waals surface area (Å²) in [4.78, 5) is 4.65. The van der Waals surface area contributed by atoms with Gasteiger partial charge in [0, 0.05) is 28.8 Å². The van der Waals surface area contributed by atoms with Crippen LogP contribution in [0.25, 0.3) is 0 Å². The number of thiazole rings is 1. The first-order valence-electron chi connectivity index (χ1n) is 5.81. The third-order valence-corrected chi connectivity index (χ3v) is 4.28. The zero-order chi connectivity index (χ0) is 13.3. The van der Waals surface area contributed by atoms with Crippen molar-refractivity contribution >= 4 is 27.3 Å². The van der Waals surface area contributed by atoms with Crippen LogP contribution in [-0.4, -0.2) is 4.98 Å². The fourth-order valence-electron chi connectivity index (χ4n) is 1.62. The molecule has 18 heavy (non-hydrogen) atoms. The lowest BCUT2D eigenvalue weighted by molar-refractivity contribution is 0.530. The number of nitrogens with two attached hydrogens (primary N) is 1. The molecule has 0 aromatic carbocycles. The predicted molar refractivity (Wildman–Crippen MR) is 77.9 cm³/mol. The van der Waals surface area contributed by atoms with Crippen LogP contribution in [0.5, 0.6) is 0 Å². The van der Waals surface area contributed by atoms with Crippen molar-refractivity contribution in [2.45, 2.75) is 38.6 Å². The summed E-state index contributed by atoms with van der Waals surface area (Å²) in [5.74, 6) is 0. The number of aromatic nitrogens is 1. The minimum Gasteiger partial charge on any atom is -0.457 e. The van der Waals surface area contributed by atoms with E-state index in [0.717, 1.165) is 22.7 Å². The van der Waals surface area contributed by atoms with Crippen LogP contribution in [0.4, 0.5) is 0 Å². The molecule has 0 radical (unpaired) electrons. The fraction of sp³-hybridized carbons (Fsp3) is 0.462. The molecule has 0 spiro atoms. The number of halogens is 1. The SMILES string of the molecule is CC(C)(C)c1csc(CC(N)c2ccoc2Br)n1. The molecule has 2 aromatic rings. The number of furan rings is 1. The molecule has 0 fully saturated rings. The summed E-state index contributed by atoms with van der Waals surface area (Å²) in [5, 5.41) is 3.19. The highest BCUT2D eigenvalue weighted by Crippen LogP contribution is 2.28. The molecular formula is C13H17BrN2OS. The summed E-state index contributed by atoms with van der Waals surface area (Å²) in [5.41, 5.74) is 8.37. The molecule has 1 unspecified atom stereocenters. The van der Waals surface area contributed by atoms with Gasteiger partial charge in [-0.1, -0.05) is 20.8 Å². The van der Waals surface area contributed by atoms with Crippen LogP contribution in [-0.2, 0) is 11.8 Å². The average molecular weight is 329 g/mol. The Morgan fingerprint density at radius 3 is 2.72 bits per heavy atom. The van der Waals surface area contributed by atoms with Crippen LogP contribution in [0.3, 0.4) is 0 Å². The van der Waals surface area contributed by atoms with Gasteiger partial charge in [0.15, 0.2) is 4.67 Å². The van der Waals surface area contributed by atoms with Gasteiger partial charge in [0.1, 0.15) is 0 Å². The molecule has 0 aliphatic rings. The van der Waals surface area contributed by atoms with Crippen molar-refractivity contribution in [3.63, 3.8) is 0 Å². The number of hydrogen-bond acceptors (Lipinski definition) is 4. The van der Waals surface area contributed by atoms with Crippen molar-refractivity contribution in [3.8, 4) is 0 Å². The van der Waals surface area contributed by atoms with E-state index in [9.17, 15) is 0 Å². The van der Waals surface area contributed by atoms with E-state index in [2.05, 4.69) is 47.1 Å². The Labute approximate surface area is 120 Å². The summed E-state index contributed by atoms with van der Waals surface area (Å²) < 4.78 is 5.91. The Morgan fingerprint density at radius 1 is 1.50 bits per heavy atom. The zero-order valence-electron chi connectivity index (χ0n) is 10.7. The van der Waals surface area contributed by atoms with Gasteiger partial charge in [-0.2, -0.15) is 0 Å². The first kappa shape index (κ1) is 13.8. The molecule has 2 heterocycles. The molecule has 0 amide bonds. The maximum atomic E-state index is 6.17. The second-order valence-electron chi connectivity index (χ2n) is 5.34. The monoisotopic (exact) mass is 328 g/mol. The van der Waals surface area contributed by atoms with Crippen LogP contribution in [0.1, 0.15) is 43.1 Å². The van der Waals surface area contributed by atoms with Gasteiger partial charge in [0.05, 0.1) is 17.0 Å². The first-order chi connectivity index (χ1) is 8.38. The van der Waals surface area contributed by atoms with Crippen molar-refractivity contribution in [2.24, 2.45) is 5.73 Å². The topological polar surface area (TPSA) is 52.0 Å². The molecule has 0 aliphatic carbocycles. The molecule has 3 nitrogen and oxygen atoms in total.